The van der Waals surface area contributed by atoms with E-state index in [1.165, 1.54) is 18.2 Å². The molecule has 0 aromatic heterocycles. The summed E-state index contributed by atoms with van der Waals surface area (Å²) in [5, 5.41) is 12.2. The van der Waals surface area contributed by atoms with Gasteiger partial charge in [-0.1, -0.05) is 12.5 Å². The Hall–Kier alpha value is -1.49. The van der Waals surface area contributed by atoms with E-state index < -0.39 is 23.6 Å². The van der Waals surface area contributed by atoms with E-state index in [-0.39, 0.29) is 17.5 Å². The van der Waals surface area contributed by atoms with E-state index in [1.54, 1.807) is 6.92 Å². The molecule has 110 valence electrons. The van der Waals surface area contributed by atoms with Crippen LogP contribution in [0.2, 0.25) is 0 Å². The quantitative estimate of drug-likeness (QED) is 0.891. The summed E-state index contributed by atoms with van der Waals surface area (Å²) in [4.78, 5) is 11.0. The average Bonchev–Trinajstić information content (AvgIpc) is 2.38. The van der Waals surface area contributed by atoms with Crippen molar-refractivity contribution in [3.63, 3.8) is 0 Å². The van der Waals surface area contributed by atoms with Crippen molar-refractivity contribution < 1.29 is 18.7 Å². The fraction of sp³-hybridized carbons (Fsp3) is 0.533. The zero-order valence-corrected chi connectivity index (χ0v) is 11.4. The molecule has 0 amide bonds. The maximum absolute atomic E-state index is 13.7. The van der Waals surface area contributed by atoms with Gasteiger partial charge in [-0.15, -0.1) is 0 Å². The zero-order valence-electron chi connectivity index (χ0n) is 11.4. The van der Waals surface area contributed by atoms with Gasteiger partial charge in [0.2, 0.25) is 0 Å². The number of halogens is 2. The molecule has 1 aliphatic carbocycles. The van der Waals surface area contributed by atoms with Crippen LogP contribution in [0.5, 0.6) is 0 Å². The first-order chi connectivity index (χ1) is 9.49. The molecule has 0 radical (unpaired) electrons. The van der Waals surface area contributed by atoms with Gasteiger partial charge in [0, 0.05) is 17.6 Å². The summed E-state index contributed by atoms with van der Waals surface area (Å²) in [7, 11) is 0. The number of benzene rings is 1. The molecule has 1 fully saturated rings. The molecule has 3 unspecified atom stereocenters. The first kappa shape index (κ1) is 14.9. The summed E-state index contributed by atoms with van der Waals surface area (Å²) in [6, 6.07) is 3.31. The molecule has 3 atom stereocenters. The lowest BCUT2D eigenvalue weighted by atomic mass is 9.85. The topological polar surface area (TPSA) is 49.3 Å². The number of nitrogens with one attached hydrogen (secondary N) is 1. The highest BCUT2D eigenvalue weighted by Gasteiger charge is 2.28. The third-order valence-electron chi connectivity index (χ3n) is 3.94. The minimum atomic E-state index is -0.791. The number of carbonyl (C=O) groups is 1. The molecule has 1 saturated carbocycles. The first-order valence-corrected chi connectivity index (χ1v) is 6.91. The van der Waals surface area contributed by atoms with Crippen molar-refractivity contribution in [1.82, 2.24) is 5.32 Å². The predicted octanol–water partition coefficient (Wildman–Crippen LogP) is 3.26. The van der Waals surface area contributed by atoms with Crippen LogP contribution in [0.25, 0.3) is 0 Å². The Morgan fingerprint density at radius 1 is 1.35 bits per heavy atom. The van der Waals surface area contributed by atoms with E-state index >= 15 is 0 Å². The van der Waals surface area contributed by atoms with Crippen LogP contribution in [-0.4, -0.2) is 17.1 Å². The van der Waals surface area contributed by atoms with Gasteiger partial charge in [-0.25, -0.2) is 8.78 Å². The molecular formula is C15H19F2NO2. The van der Waals surface area contributed by atoms with Crippen LogP contribution in [-0.2, 0) is 4.79 Å². The van der Waals surface area contributed by atoms with Crippen LogP contribution >= 0.6 is 0 Å². The van der Waals surface area contributed by atoms with Gasteiger partial charge < -0.3 is 10.4 Å². The summed E-state index contributed by atoms with van der Waals surface area (Å²) < 4.78 is 27.4. The zero-order chi connectivity index (χ0) is 14.7. The van der Waals surface area contributed by atoms with E-state index in [0.29, 0.717) is 12.8 Å². The minimum absolute atomic E-state index is 0.0149. The standard InChI is InChI=1S/C15H19F2NO2/c1-9(14-12(16)6-3-7-13(14)17)18-11-5-2-4-10(8-11)15(19)20/h3,6-7,9-11,18H,2,4-5,8H2,1H3,(H,19,20). The average molecular weight is 283 g/mol. The fourth-order valence-corrected chi connectivity index (χ4v) is 2.93. The molecule has 0 heterocycles. The van der Waals surface area contributed by atoms with Crippen molar-refractivity contribution in [2.45, 2.75) is 44.7 Å². The Labute approximate surface area is 117 Å². The molecule has 0 spiro atoms. The number of hydrogen-bond acceptors (Lipinski definition) is 2. The van der Waals surface area contributed by atoms with Gasteiger partial charge in [-0.2, -0.15) is 0 Å². The summed E-state index contributed by atoms with van der Waals surface area (Å²) in [6.07, 6.45) is 2.84. The molecule has 0 saturated heterocycles. The largest absolute Gasteiger partial charge is 0.481 e. The maximum Gasteiger partial charge on any atom is 0.306 e. The Morgan fingerprint density at radius 3 is 2.60 bits per heavy atom. The Kier molecular flexibility index (Phi) is 4.70. The van der Waals surface area contributed by atoms with Gasteiger partial charge in [-0.05, 0) is 38.3 Å². The second kappa shape index (κ2) is 6.31. The van der Waals surface area contributed by atoms with Gasteiger partial charge in [-0.3, -0.25) is 4.79 Å². The van der Waals surface area contributed by atoms with Crippen molar-refractivity contribution in [3.05, 3.63) is 35.4 Å². The van der Waals surface area contributed by atoms with Crippen molar-refractivity contribution >= 4 is 5.97 Å². The third-order valence-corrected chi connectivity index (χ3v) is 3.94. The third kappa shape index (κ3) is 3.33. The van der Waals surface area contributed by atoms with Crippen molar-refractivity contribution in [1.29, 1.82) is 0 Å². The van der Waals surface area contributed by atoms with Gasteiger partial charge in [0.15, 0.2) is 0 Å². The SMILES string of the molecule is CC(NC1CCCC(C(=O)O)C1)c1c(F)cccc1F. The van der Waals surface area contributed by atoms with Crippen LogP contribution in [0.1, 0.15) is 44.2 Å². The second-order valence-electron chi connectivity index (χ2n) is 5.42. The Morgan fingerprint density at radius 2 is 2.00 bits per heavy atom. The van der Waals surface area contributed by atoms with Crippen LogP contribution in [0.3, 0.4) is 0 Å². The molecule has 1 aromatic rings. The van der Waals surface area contributed by atoms with E-state index in [4.69, 9.17) is 5.11 Å². The van der Waals surface area contributed by atoms with Gasteiger partial charge in [0.25, 0.3) is 0 Å². The molecule has 5 heteroatoms. The van der Waals surface area contributed by atoms with Gasteiger partial charge in [0.1, 0.15) is 11.6 Å². The summed E-state index contributed by atoms with van der Waals surface area (Å²) in [5.74, 6) is -2.30. The molecule has 1 aliphatic rings. The van der Waals surface area contributed by atoms with E-state index in [1.807, 2.05) is 0 Å². The number of rotatable bonds is 4. The molecule has 0 aliphatic heterocycles. The monoisotopic (exact) mass is 283 g/mol. The van der Waals surface area contributed by atoms with Gasteiger partial charge >= 0.3 is 5.97 Å². The normalized spacial score (nSPS) is 24.4. The highest BCUT2D eigenvalue weighted by atomic mass is 19.1. The van der Waals surface area contributed by atoms with Crippen LogP contribution in [0.4, 0.5) is 8.78 Å². The van der Waals surface area contributed by atoms with Crippen molar-refractivity contribution in [2.24, 2.45) is 5.92 Å². The van der Waals surface area contributed by atoms with Crippen molar-refractivity contribution in [3.8, 4) is 0 Å². The summed E-state index contributed by atoms with van der Waals surface area (Å²) in [5.41, 5.74) is 0.0185. The number of carboxylic acids is 1. The fourth-order valence-electron chi connectivity index (χ4n) is 2.93. The molecule has 20 heavy (non-hydrogen) atoms. The highest BCUT2D eigenvalue weighted by Crippen LogP contribution is 2.27. The van der Waals surface area contributed by atoms with E-state index in [0.717, 1.165) is 12.8 Å². The van der Waals surface area contributed by atoms with Crippen LogP contribution < -0.4 is 5.32 Å². The van der Waals surface area contributed by atoms with Crippen molar-refractivity contribution in [2.75, 3.05) is 0 Å². The smallest absolute Gasteiger partial charge is 0.306 e. The maximum atomic E-state index is 13.7. The molecule has 0 bridgehead atoms. The lowest BCUT2D eigenvalue weighted by Gasteiger charge is -2.30. The molecule has 2 N–H and O–H groups in total. The molecule has 3 nitrogen and oxygen atoms in total. The number of carboxylic acid groups (broad SMARTS) is 1. The van der Waals surface area contributed by atoms with E-state index in [9.17, 15) is 13.6 Å². The molecule has 1 aromatic carbocycles. The van der Waals surface area contributed by atoms with Crippen LogP contribution in [0.15, 0.2) is 18.2 Å². The van der Waals surface area contributed by atoms with E-state index in [2.05, 4.69) is 5.32 Å². The molecular weight excluding hydrogens is 264 g/mol. The Bertz CT molecular complexity index is 473. The van der Waals surface area contributed by atoms with Crippen LogP contribution in [0, 0.1) is 17.6 Å². The number of aliphatic carboxylic acids is 1. The Balaban J connectivity index is 2.04. The lowest BCUT2D eigenvalue weighted by Crippen LogP contribution is -2.38. The minimum Gasteiger partial charge on any atom is -0.481 e. The lowest BCUT2D eigenvalue weighted by molar-refractivity contribution is -0.143. The molecule has 2 rings (SSSR count). The summed E-state index contributed by atoms with van der Waals surface area (Å²) in [6.45, 7) is 1.70. The number of hydrogen-bond donors (Lipinski definition) is 2. The first-order valence-electron chi connectivity index (χ1n) is 6.91. The summed E-state index contributed by atoms with van der Waals surface area (Å²) >= 11 is 0. The van der Waals surface area contributed by atoms with Gasteiger partial charge in [0.05, 0.1) is 5.92 Å². The second-order valence-corrected chi connectivity index (χ2v) is 5.42. The predicted molar refractivity (Wildman–Crippen MR) is 71.3 cm³/mol. The highest BCUT2D eigenvalue weighted by molar-refractivity contribution is 5.70.